The van der Waals surface area contributed by atoms with Crippen molar-refractivity contribution in [3.8, 4) is 0 Å². The van der Waals surface area contributed by atoms with Crippen molar-refractivity contribution in [3.05, 3.63) is 24.3 Å². The summed E-state index contributed by atoms with van der Waals surface area (Å²) in [4.78, 5) is 39.5. The summed E-state index contributed by atoms with van der Waals surface area (Å²) >= 11 is 0. The van der Waals surface area contributed by atoms with Crippen LogP contribution in [0.25, 0.3) is 0 Å². The van der Waals surface area contributed by atoms with Crippen LogP contribution < -0.4 is 4.57 Å². The van der Waals surface area contributed by atoms with Gasteiger partial charge >= 0.3 is 15.2 Å². The van der Waals surface area contributed by atoms with Gasteiger partial charge in [-0.05, 0) is 0 Å². The summed E-state index contributed by atoms with van der Waals surface area (Å²) in [5.41, 5.74) is 0.0741. The SMILES string of the molecule is C[n+]1ccc(C(O)CC(P(=O)(O)O)P(=O)(O)O)nc1. The third-order valence-electron chi connectivity index (χ3n) is 2.42. The van der Waals surface area contributed by atoms with Crippen molar-refractivity contribution in [2.24, 2.45) is 7.05 Å². The number of hydrogen-bond acceptors (Lipinski definition) is 4. The Bertz CT molecular complexity index is 500. The lowest BCUT2D eigenvalue weighted by molar-refractivity contribution is -0.674. The third-order valence-corrected chi connectivity index (χ3v) is 6.20. The first kappa shape index (κ1) is 16.4. The molecule has 0 amide bonds. The fourth-order valence-electron chi connectivity index (χ4n) is 1.42. The highest BCUT2D eigenvalue weighted by Gasteiger charge is 2.45. The van der Waals surface area contributed by atoms with Gasteiger partial charge in [-0.1, -0.05) is 4.98 Å². The van der Waals surface area contributed by atoms with E-state index >= 15 is 0 Å². The van der Waals surface area contributed by atoms with Gasteiger partial charge in [0.2, 0.25) is 0 Å². The summed E-state index contributed by atoms with van der Waals surface area (Å²) in [5.74, 6) is 0. The van der Waals surface area contributed by atoms with E-state index in [2.05, 4.69) is 4.98 Å². The maximum absolute atomic E-state index is 11.1. The van der Waals surface area contributed by atoms with Gasteiger partial charge in [0.1, 0.15) is 6.10 Å². The Morgan fingerprint density at radius 2 is 1.79 bits per heavy atom. The molecule has 0 bridgehead atoms. The molecule has 11 heteroatoms. The smallest absolute Gasteiger partial charge is 0.340 e. The van der Waals surface area contributed by atoms with Crippen LogP contribution in [0.1, 0.15) is 18.2 Å². The quantitative estimate of drug-likeness (QED) is 0.343. The second-order valence-corrected chi connectivity index (χ2v) is 8.07. The molecule has 0 aliphatic heterocycles. The lowest BCUT2D eigenvalue weighted by atomic mass is 10.2. The summed E-state index contributed by atoms with van der Waals surface area (Å²) in [5, 5.41) is 7.51. The van der Waals surface area contributed by atoms with Gasteiger partial charge < -0.3 is 24.7 Å². The minimum atomic E-state index is -5.04. The second kappa shape index (κ2) is 5.76. The van der Waals surface area contributed by atoms with E-state index in [1.165, 1.54) is 18.6 Å². The predicted octanol–water partition coefficient (Wildman–Crippen LogP) is -0.989. The molecular formula is C8H15N2O7P2+. The number of nitrogens with zero attached hydrogens (tertiary/aromatic N) is 2. The molecule has 0 aromatic carbocycles. The van der Waals surface area contributed by atoms with Crippen LogP contribution in [-0.4, -0.2) is 35.1 Å². The van der Waals surface area contributed by atoms with E-state index in [0.717, 1.165) is 0 Å². The van der Waals surface area contributed by atoms with Crippen LogP contribution in [0.3, 0.4) is 0 Å². The number of aliphatic hydroxyl groups is 1. The van der Waals surface area contributed by atoms with Gasteiger partial charge in [0.25, 0.3) is 6.33 Å². The molecule has 108 valence electrons. The van der Waals surface area contributed by atoms with Gasteiger partial charge in [0.05, 0.1) is 13.2 Å². The Kier molecular flexibility index (Phi) is 4.97. The summed E-state index contributed by atoms with van der Waals surface area (Å²) in [6.07, 6.45) is 0.624. The molecular weight excluding hydrogens is 298 g/mol. The zero-order chi connectivity index (χ0) is 14.8. The predicted molar refractivity (Wildman–Crippen MR) is 62.9 cm³/mol. The second-order valence-electron chi connectivity index (χ2n) is 4.06. The molecule has 1 unspecified atom stereocenters. The first-order valence-electron chi connectivity index (χ1n) is 5.11. The maximum Gasteiger partial charge on any atom is 0.340 e. The number of aryl methyl sites for hydroxylation is 1. The van der Waals surface area contributed by atoms with Crippen LogP contribution in [-0.2, 0) is 16.2 Å². The molecule has 0 aliphatic rings. The molecule has 5 N–H and O–H groups in total. The highest BCUT2D eigenvalue weighted by Crippen LogP contribution is 2.62. The van der Waals surface area contributed by atoms with Crippen molar-refractivity contribution in [2.75, 3.05) is 0 Å². The first-order chi connectivity index (χ1) is 8.51. The molecule has 0 spiro atoms. The maximum atomic E-state index is 11.1. The van der Waals surface area contributed by atoms with Crippen molar-refractivity contribution >= 4 is 15.2 Å². The van der Waals surface area contributed by atoms with Crippen molar-refractivity contribution in [3.63, 3.8) is 0 Å². The van der Waals surface area contributed by atoms with E-state index in [-0.39, 0.29) is 5.69 Å². The van der Waals surface area contributed by atoms with Crippen molar-refractivity contribution in [2.45, 2.75) is 17.9 Å². The van der Waals surface area contributed by atoms with E-state index in [4.69, 9.17) is 19.6 Å². The number of rotatable bonds is 5. The Labute approximate surface area is 108 Å². The topological polar surface area (TPSA) is 152 Å². The summed E-state index contributed by atoms with van der Waals surface area (Å²) in [7, 11) is -8.40. The minimum Gasteiger partial charge on any atom is -0.384 e. The minimum absolute atomic E-state index is 0.0741. The Morgan fingerprint density at radius 3 is 2.16 bits per heavy atom. The molecule has 1 heterocycles. The van der Waals surface area contributed by atoms with Gasteiger partial charge in [0, 0.05) is 12.5 Å². The van der Waals surface area contributed by atoms with Crippen molar-refractivity contribution in [1.29, 1.82) is 0 Å². The lowest BCUT2D eigenvalue weighted by Crippen LogP contribution is -2.28. The van der Waals surface area contributed by atoms with Crippen LogP contribution in [0, 0.1) is 0 Å². The van der Waals surface area contributed by atoms with Crippen molar-refractivity contribution < 1.29 is 38.4 Å². The molecule has 0 aliphatic carbocycles. The molecule has 9 nitrogen and oxygen atoms in total. The molecule has 19 heavy (non-hydrogen) atoms. The van der Waals surface area contributed by atoms with Crippen LogP contribution in [0.2, 0.25) is 0 Å². The van der Waals surface area contributed by atoms with Gasteiger partial charge in [0.15, 0.2) is 11.1 Å². The van der Waals surface area contributed by atoms with Crippen LogP contribution in [0.4, 0.5) is 0 Å². The van der Waals surface area contributed by atoms with Crippen LogP contribution >= 0.6 is 15.2 Å². The van der Waals surface area contributed by atoms with Gasteiger partial charge in [-0.2, -0.15) is 0 Å². The van der Waals surface area contributed by atoms with E-state index in [9.17, 15) is 14.2 Å². The average Bonchev–Trinajstić information content (AvgIpc) is 2.23. The van der Waals surface area contributed by atoms with E-state index in [0.29, 0.717) is 0 Å². The molecule has 1 rings (SSSR count). The number of aromatic nitrogens is 2. The molecule has 1 aromatic rings. The summed E-state index contributed by atoms with van der Waals surface area (Å²) < 4.78 is 23.7. The van der Waals surface area contributed by atoms with E-state index in [1.54, 1.807) is 11.6 Å². The van der Waals surface area contributed by atoms with Gasteiger partial charge in [-0.25, -0.2) is 4.57 Å². The Morgan fingerprint density at radius 1 is 1.26 bits per heavy atom. The number of aliphatic hydroxyl groups excluding tert-OH is 1. The van der Waals surface area contributed by atoms with Crippen LogP contribution in [0.5, 0.6) is 0 Å². The van der Waals surface area contributed by atoms with Crippen molar-refractivity contribution in [1.82, 2.24) is 4.98 Å². The first-order valence-corrected chi connectivity index (χ1v) is 8.48. The van der Waals surface area contributed by atoms with E-state index in [1.807, 2.05) is 0 Å². The third kappa shape index (κ3) is 4.74. The Hall–Kier alpha value is -0.660. The van der Waals surface area contributed by atoms with Crippen LogP contribution in [0.15, 0.2) is 18.6 Å². The summed E-state index contributed by atoms with van der Waals surface area (Å²) in [6, 6.07) is 1.39. The molecule has 0 saturated heterocycles. The van der Waals surface area contributed by atoms with Gasteiger partial charge in [-0.15, -0.1) is 0 Å². The monoisotopic (exact) mass is 313 g/mol. The summed E-state index contributed by atoms with van der Waals surface area (Å²) in [6.45, 7) is 0. The molecule has 0 fully saturated rings. The standard InChI is InChI=1S/C8H14N2O7P2/c1-10-3-2-6(9-5-10)7(11)4-8(18(12,13)14)19(15,16)17/h2-3,5,7-8,11H,4H2,1H3,(H3-,12,13,14,15,16,17)/p+1. The Balaban J connectivity index is 2.95. The largest absolute Gasteiger partial charge is 0.384 e. The highest BCUT2D eigenvalue weighted by atomic mass is 31.2. The fraction of sp³-hybridized carbons (Fsp3) is 0.500. The average molecular weight is 313 g/mol. The number of hydrogen-bond donors (Lipinski definition) is 5. The highest BCUT2D eigenvalue weighted by molar-refractivity contribution is 7.70. The fourth-order valence-corrected chi connectivity index (χ4v) is 3.94. The van der Waals surface area contributed by atoms with E-state index < -0.39 is 33.1 Å². The van der Waals surface area contributed by atoms with Gasteiger partial charge in [-0.3, -0.25) is 9.13 Å². The molecule has 1 aromatic heterocycles. The normalized spacial score (nSPS) is 14.7. The molecule has 0 radical (unpaired) electrons. The zero-order valence-corrected chi connectivity index (χ0v) is 11.7. The lowest BCUT2D eigenvalue weighted by Gasteiger charge is -2.20. The molecule has 1 atom stereocenters. The molecule has 0 saturated carbocycles. The zero-order valence-electron chi connectivity index (χ0n) is 9.94.